The molecule has 0 spiro atoms. The van der Waals surface area contributed by atoms with Gasteiger partial charge in [-0.15, -0.1) is 0 Å². The lowest BCUT2D eigenvalue weighted by Crippen LogP contribution is -2.64. The van der Waals surface area contributed by atoms with Crippen molar-refractivity contribution in [2.24, 2.45) is 0 Å². The van der Waals surface area contributed by atoms with Crippen LogP contribution >= 0.6 is 0 Å². The third kappa shape index (κ3) is 3.05. The maximum atomic E-state index is 9.79. The summed E-state index contributed by atoms with van der Waals surface area (Å²) in [7, 11) is 2.04. The third-order valence-corrected chi connectivity index (χ3v) is 3.95. The zero-order chi connectivity index (χ0) is 13.9. The van der Waals surface area contributed by atoms with Crippen LogP contribution in [0.25, 0.3) is 0 Å². The van der Waals surface area contributed by atoms with E-state index < -0.39 is 0 Å². The molecular weight excluding hydrogens is 242 g/mol. The van der Waals surface area contributed by atoms with Crippen molar-refractivity contribution in [2.75, 3.05) is 38.7 Å². The van der Waals surface area contributed by atoms with Crippen LogP contribution in [0.3, 0.4) is 0 Å². The minimum absolute atomic E-state index is 0.0743. The Bertz CT molecular complexity index is 427. The number of pyridine rings is 1. The molecule has 0 aliphatic carbocycles. The number of likely N-dealkylation sites (N-methyl/N-ethyl adjacent to an activating group) is 1. The smallest absolute Gasteiger partial charge is 0.0850 e. The van der Waals surface area contributed by atoms with Gasteiger partial charge in [0.2, 0.25) is 0 Å². The fraction of sp³-hybridized carbons (Fsp3) is 0.643. The van der Waals surface area contributed by atoms with Crippen molar-refractivity contribution in [1.29, 1.82) is 0 Å². The van der Waals surface area contributed by atoms with E-state index in [9.17, 15) is 5.11 Å². The van der Waals surface area contributed by atoms with E-state index in [2.05, 4.69) is 22.1 Å². The number of hydrogen-bond donors (Lipinski definition) is 2. The fourth-order valence-corrected chi connectivity index (χ4v) is 2.41. The highest BCUT2D eigenvalue weighted by Crippen LogP contribution is 2.23. The third-order valence-electron chi connectivity index (χ3n) is 3.95. The Kier molecular flexibility index (Phi) is 4.39. The van der Waals surface area contributed by atoms with E-state index in [-0.39, 0.29) is 12.1 Å². The van der Waals surface area contributed by atoms with Gasteiger partial charge in [-0.05, 0) is 33.0 Å². The molecule has 1 aliphatic heterocycles. The van der Waals surface area contributed by atoms with Crippen molar-refractivity contribution in [3.63, 3.8) is 0 Å². The van der Waals surface area contributed by atoms with Crippen molar-refractivity contribution in [3.05, 3.63) is 24.0 Å². The Morgan fingerprint density at radius 3 is 3.11 bits per heavy atom. The Balaban J connectivity index is 2.06. The molecule has 5 nitrogen and oxygen atoms in total. The van der Waals surface area contributed by atoms with Crippen LogP contribution in [0.2, 0.25) is 0 Å². The van der Waals surface area contributed by atoms with E-state index in [1.165, 1.54) is 0 Å². The molecule has 106 valence electrons. The number of anilines is 1. The number of aromatic nitrogens is 1. The molecule has 0 unspecified atom stereocenters. The molecule has 0 radical (unpaired) electrons. The summed E-state index contributed by atoms with van der Waals surface area (Å²) < 4.78 is 5.62. The highest BCUT2D eigenvalue weighted by atomic mass is 16.5. The number of morpholine rings is 1. The molecule has 1 fully saturated rings. The van der Waals surface area contributed by atoms with E-state index in [4.69, 9.17) is 4.74 Å². The molecule has 1 aliphatic rings. The highest BCUT2D eigenvalue weighted by molar-refractivity contribution is 5.43. The van der Waals surface area contributed by atoms with Crippen molar-refractivity contribution in [1.82, 2.24) is 9.88 Å². The quantitative estimate of drug-likeness (QED) is 0.846. The van der Waals surface area contributed by atoms with Crippen molar-refractivity contribution >= 4 is 5.69 Å². The summed E-state index contributed by atoms with van der Waals surface area (Å²) >= 11 is 0. The van der Waals surface area contributed by atoms with Crippen molar-refractivity contribution in [2.45, 2.75) is 25.4 Å². The lowest BCUT2D eigenvalue weighted by Gasteiger charge is -2.47. The van der Waals surface area contributed by atoms with E-state index in [0.717, 1.165) is 11.4 Å². The van der Waals surface area contributed by atoms with Crippen LogP contribution in [-0.4, -0.2) is 60.0 Å². The SMILES string of the molecule is Cc1cc(NC[C@]2(CO)COC[C@@H](C)N2C)ccn1. The molecule has 2 N–H and O–H groups in total. The Labute approximate surface area is 114 Å². The number of hydrogen-bond acceptors (Lipinski definition) is 5. The molecule has 1 saturated heterocycles. The van der Waals surface area contributed by atoms with E-state index in [1.807, 2.05) is 26.1 Å². The Morgan fingerprint density at radius 1 is 1.63 bits per heavy atom. The van der Waals surface area contributed by atoms with Crippen LogP contribution < -0.4 is 5.32 Å². The number of ether oxygens (including phenoxy) is 1. The molecule has 2 atom stereocenters. The lowest BCUT2D eigenvalue weighted by atomic mass is 9.96. The second kappa shape index (κ2) is 5.86. The van der Waals surface area contributed by atoms with Gasteiger partial charge in [-0.25, -0.2) is 0 Å². The van der Waals surface area contributed by atoms with Gasteiger partial charge in [-0.1, -0.05) is 0 Å². The average molecular weight is 265 g/mol. The Morgan fingerprint density at radius 2 is 2.42 bits per heavy atom. The summed E-state index contributed by atoms with van der Waals surface area (Å²) in [6, 6.07) is 4.24. The topological polar surface area (TPSA) is 57.6 Å². The van der Waals surface area contributed by atoms with Gasteiger partial charge in [0.25, 0.3) is 0 Å². The first-order valence-electron chi connectivity index (χ1n) is 6.65. The highest BCUT2D eigenvalue weighted by Gasteiger charge is 2.40. The summed E-state index contributed by atoms with van der Waals surface area (Å²) in [6.07, 6.45) is 1.78. The van der Waals surface area contributed by atoms with E-state index in [0.29, 0.717) is 25.8 Å². The standard InChI is InChI=1S/C14H23N3O2/c1-11-6-13(4-5-15-11)16-8-14(9-18)10-19-7-12(2)17(14)3/h4-6,12,18H,7-10H2,1-3H3,(H,15,16)/t12-,14+/m1/s1. The second-order valence-electron chi connectivity index (χ2n) is 5.40. The maximum Gasteiger partial charge on any atom is 0.0850 e. The van der Waals surface area contributed by atoms with Crippen LogP contribution in [-0.2, 0) is 4.74 Å². The molecule has 1 aromatic heterocycles. The molecule has 0 saturated carbocycles. The van der Waals surface area contributed by atoms with E-state index >= 15 is 0 Å². The monoisotopic (exact) mass is 265 g/mol. The van der Waals surface area contributed by atoms with Gasteiger partial charge in [0, 0.05) is 30.2 Å². The molecule has 19 heavy (non-hydrogen) atoms. The summed E-state index contributed by atoms with van der Waals surface area (Å²) in [5.41, 5.74) is 1.63. The molecular formula is C14H23N3O2. The molecule has 0 aromatic carbocycles. The first-order chi connectivity index (χ1) is 9.07. The molecule has 5 heteroatoms. The Hall–Kier alpha value is -1.17. The number of nitrogens with one attached hydrogen (secondary N) is 1. The number of nitrogens with zero attached hydrogens (tertiary/aromatic N) is 2. The van der Waals surface area contributed by atoms with Crippen LogP contribution in [0.15, 0.2) is 18.3 Å². The molecule has 2 heterocycles. The van der Waals surface area contributed by atoms with Gasteiger partial charge < -0.3 is 15.2 Å². The summed E-state index contributed by atoms with van der Waals surface area (Å²) in [4.78, 5) is 6.38. The number of aliphatic hydroxyl groups excluding tert-OH is 1. The first kappa shape index (κ1) is 14.2. The largest absolute Gasteiger partial charge is 0.394 e. The van der Waals surface area contributed by atoms with Gasteiger partial charge in [0.1, 0.15) is 0 Å². The maximum absolute atomic E-state index is 9.79. The number of rotatable bonds is 4. The predicted octanol–water partition coefficient (Wildman–Crippen LogP) is 0.884. The van der Waals surface area contributed by atoms with Crippen LogP contribution in [0.5, 0.6) is 0 Å². The molecule has 0 amide bonds. The predicted molar refractivity (Wildman–Crippen MR) is 75.3 cm³/mol. The fourth-order valence-electron chi connectivity index (χ4n) is 2.41. The molecule has 0 bridgehead atoms. The average Bonchev–Trinajstić information content (AvgIpc) is 2.41. The van der Waals surface area contributed by atoms with Gasteiger partial charge in [0.15, 0.2) is 0 Å². The molecule has 2 rings (SSSR count). The normalized spacial score (nSPS) is 28.3. The lowest BCUT2D eigenvalue weighted by molar-refractivity contribution is -0.101. The summed E-state index contributed by atoms with van der Waals surface area (Å²) in [5, 5.41) is 13.2. The van der Waals surface area contributed by atoms with Crippen LogP contribution in [0, 0.1) is 6.92 Å². The van der Waals surface area contributed by atoms with Gasteiger partial charge in [-0.2, -0.15) is 0 Å². The minimum Gasteiger partial charge on any atom is -0.394 e. The van der Waals surface area contributed by atoms with Gasteiger partial charge >= 0.3 is 0 Å². The zero-order valence-electron chi connectivity index (χ0n) is 11.9. The number of aryl methyl sites for hydroxylation is 1. The van der Waals surface area contributed by atoms with Crippen molar-refractivity contribution < 1.29 is 9.84 Å². The van der Waals surface area contributed by atoms with Crippen LogP contribution in [0.1, 0.15) is 12.6 Å². The van der Waals surface area contributed by atoms with Crippen LogP contribution in [0.4, 0.5) is 5.69 Å². The van der Waals surface area contributed by atoms with E-state index in [1.54, 1.807) is 6.20 Å². The molecule has 1 aromatic rings. The van der Waals surface area contributed by atoms with Gasteiger partial charge in [0.05, 0.1) is 25.4 Å². The van der Waals surface area contributed by atoms with Crippen molar-refractivity contribution in [3.8, 4) is 0 Å². The first-order valence-corrected chi connectivity index (χ1v) is 6.65. The minimum atomic E-state index is -0.366. The summed E-state index contributed by atoms with van der Waals surface area (Å²) in [6.45, 7) is 6.05. The zero-order valence-corrected chi connectivity index (χ0v) is 11.9. The van der Waals surface area contributed by atoms with Gasteiger partial charge in [-0.3, -0.25) is 9.88 Å². The number of aliphatic hydroxyl groups is 1. The summed E-state index contributed by atoms with van der Waals surface area (Å²) in [5.74, 6) is 0. The second-order valence-corrected chi connectivity index (χ2v) is 5.40.